The Labute approximate surface area is 148 Å². The highest BCUT2D eigenvalue weighted by atomic mass is 16.4. The number of carbonyl (C=O) groups is 2. The van der Waals surface area contributed by atoms with Crippen LogP contribution in [0.15, 0.2) is 24.3 Å². The second kappa shape index (κ2) is 7.97. The van der Waals surface area contributed by atoms with Gasteiger partial charge < -0.3 is 15.7 Å². The minimum absolute atomic E-state index is 0.0736. The van der Waals surface area contributed by atoms with E-state index in [2.05, 4.69) is 15.5 Å². The van der Waals surface area contributed by atoms with E-state index in [1.165, 1.54) is 12.8 Å². The zero-order chi connectivity index (χ0) is 17.8. The SMILES string of the molecule is CNC(=O)c1ccc(CNC2CC(N(CC(=O)O)CC3CC3)C2)cc1. The van der Waals surface area contributed by atoms with Gasteiger partial charge in [0.1, 0.15) is 0 Å². The first-order valence-electron chi connectivity index (χ1n) is 9.05. The first kappa shape index (κ1) is 17.9. The maximum absolute atomic E-state index is 11.5. The van der Waals surface area contributed by atoms with Crippen molar-refractivity contribution in [3.05, 3.63) is 35.4 Å². The monoisotopic (exact) mass is 345 g/mol. The number of benzene rings is 1. The summed E-state index contributed by atoms with van der Waals surface area (Å²) in [5, 5.41) is 15.2. The second-order valence-corrected chi connectivity index (χ2v) is 7.25. The third-order valence-corrected chi connectivity index (χ3v) is 5.20. The summed E-state index contributed by atoms with van der Waals surface area (Å²) < 4.78 is 0. The molecule has 0 saturated heterocycles. The lowest BCUT2D eigenvalue weighted by molar-refractivity contribution is -0.139. The van der Waals surface area contributed by atoms with E-state index in [4.69, 9.17) is 5.11 Å². The number of aliphatic carboxylic acids is 1. The van der Waals surface area contributed by atoms with Crippen molar-refractivity contribution < 1.29 is 14.7 Å². The summed E-state index contributed by atoms with van der Waals surface area (Å²) in [4.78, 5) is 24.7. The molecular weight excluding hydrogens is 318 g/mol. The molecule has 0 heterocycles. The number of nitrogens with zero attached hydrogens (tertiary/aromatic N) is 1. The quantitative estimate of drug-likeness (QED) is 0.631. The molecule has 6 heteroatoms. The van der Waals surface area contributed by atoms with Crippen molar-refractivity contribution in [1.82, 2.24) is 15.5 Å². The van der Waals surface area contributed by atoms with Gasteiger partial charge in [0.2, 0.25) is 0 Å². The average Bonchev–Trinajstić information content (AvgIpc) is 3.36. The molecule has 0 radical (unpaired) electrons. The lowest BCUT2D eigenvalue weighted by Crippen LogP contribution is -2.54. The standard InChI is InChI=1S/C19H27N3O3/c1-20-19(25)15-6-4-13(5-7-15)10-21-16-8-17(9-16)22(12-18(23)24)11-14-2-3-14/h4-7,14,16-17,21H,2-3,8-12H2,1H3,(H,20,25)(H,23,24). The topological polar surface area (TPSA) is 81.7 Å². The van der Waals surface area contributed by atoms with E-state index < -0.39 is 5.97 Å². The normalized spacial score (nSPS) is 22.5. The Bertz CT molecular complexity index is 607. The van der Waals surface area contributed by atoms with E-state index in [1.807, 2.05) is 24.3 Å². The van der Waals surface area contributed by atoms with E-state index in [-0.39, 0.29) is 12.5 Å². The van der Waals surface area contributed by atoms with Gasteiger partial charge in [-0.3, -0.25) is 14.5 Å². The molecule has 1 amide bonds. The molecule has 0 atom stereocenters. The molecule has 0 spiro atoms. The van der Waals surface area contributed by atoms with Gasteiger partial charge in [-0.1, -0.05) is 12.1 Å². The molecule has 0 bridgehead atoms. The summed E-state index contributed by atoms with van der Waals surface area (Å²) in [6, 6.07) is 8.45. The van der Waals surface area contributed by atoms with Crippen LogP contribution < -0.4 is 10.6 Å². The van der Waals surface area contributed by atoms with Crippen LogP contribution in [0.25, 0.3) is 0 Å². The average molecular weight is 345 g/mol. The number of carboxylic acids is 1. The first-order chi connectivity index (χ1) is 12.0. The molecule has 0 unspecified atom stereocenters. The summed E-state index contributed by atoms with van der Waals surface area (Å²) >= 11 is 0. The molecule has 25 heavy (non-hydrogen) atoms. The largest absolute Gasteiger partial charge is 0.480 e. The molecule has 3 N–H and O–H groups in total. The van der Waals surface area contributed by atoms with Crippen LogP contribution in [-0.2, 0) is 11.3 Å². The molecule has 2 saturated carbocycles. The van der Waals surface area contributed by atoms with Crippen LogP contribution in [-0.4, -0.2) is 54.1 Å². The smallest absolute Gasteiger partial charge is 0.317 e. The first-order valence-corrected chi connectivity index (χ1v) is 9.05. The second-order valence-electron chi connectivity index (χ2n) is 7.25. The number of carbonyl (C=O) groups excluding carboxylic acids is 1. The van der Waals surface area contributed by atoms with Crippen LogP contribution in [0.5, 0.6) is 0 Å². The van der Waals surface area contributed by atoms with E-state index in [0.29, 0.717) is 23.6 Å². The fourth-order valence-corrected chi connectivity index (χ4v) is 3.38. The van der Waals surface area contributed by atoms with Crippen molar-refractivity contribution >= 4 is 11.9 Å². The number of amides is 1. The molecule has 136 valence electrons. The molecule has 6 nitrogen and oxygen atoms in total. The lowest BCUT2D eigenvalue weighted by Gasteiger charge is -2.43. The van der Waals surface area contributed by atoms with Gasteiger partial charge in [0, 0.05) is 37.8 Å². The number of hydrogen-bond acceptors (Lipinski definition) is 4. The number of hydrogen-bond donors (Lipinski definition) is 3. The molecule has 3 rings (SSSR count). The molecule has 1 aromatic rings. The third-order valence-electron chi connectivity index (χ3n) is 5.20. The van der Waals surface area contributed by atoms with E-state index in [9.17, 15) is 9.59 Å². The Kier molecular flexibility index (Phi) is 5.71. The van der Waals surface area contributed by atoms with Crippen molar-refractivity contribution in [2.75, 3.05) is 20.1 Å². The number of nitrogens with one attached hydrogen (secondary N) is 2. The van der Waals surface area contributed by atoms with Gasteiger partial charge in [0.05, 0.1) is 6.54 Å². The summed E-state index contributed by atoms with van der Waals surface area (Å²) in [6.45, 7) is 1.87. The Morgan fingerprint density at radius 2 is 1.88 bits per heavy atom. The highest BCUT2D eigenvalue weighted by molar-refractivity contribution is 5.93. The third kappa shape index (κ3) is 5.03. The summed E-state index contributed by atoms with van der Waals surface area (Å²) in [5.41, 5.74) is 1.82. The Morgan fingerprint density at radius 1 is 1.20 bits per heavy atom. The fraction of sp³-hybridized carbons (Fsp3) is 0.579. The lowest BCUT2D eigenvalue weighted by atomic mass is 9.85. The van der Waals surface area contributed by atoms with Crippen LogP contribution in [0.1, 0.15) is 41.6 Å². The van der Waals surface area contributed by atoms with Gasteiger partial charge in [0.15, 0.2) is 0 Å². The van der Waals surface area contributed by atoms with E-state index in [0.717, 1.165) is 31.5 Å². The van der Waals surface area contributed by atoms with Gasteiger partial charge in [-0.15, -0.1) is 0 Å². The Balaban J connectivity index is 1.41. The summed E-state index contributed by atoms with van der Waals surface area (Å²) in [5.74, 6) is -0.0889. The Morgan fingerprint density at radius 3 is 2.44 bits per heavy atom. The number of carboxylic acid groups (broad SMARTS) is 1. The van der Waals surface area contributed by atoms with Crippen LogP contribution in [0.3, 0.4) is 0 Å². The number of rotatable bonds is 9. The molecule has 2 aliphatic rings. The van der Waals surface area contributed by atoms with Gasteiger partial charge in [-0.25, -0.2) is 0 Å². The van der Waals surface area contributed by atoms with Crippen molar-refractivity contribution in [1.29, 1.82) is 0 Å². The maximum atomic E-state index is 11.5. The van der Waals surface area contributed by atoms with Crippen LogP contribution in [0.4, 0.5) is 0 Å². The van der Waals surface area contributed by atoms with Crippen molar-refractivity contribution in [3.8, 4) is 0 Å². The van der Waals surface area contributed by atoms with Gasteiger partial charge in [-0.05, 0) is 49.3 Å². The van der Waals surface area contributed by atoms with E-state index >= 15 is 0 Å². The summed E-state index contributed by atoms with van der Waals surface area (Å²) in [7, 11) is 1.63. The van der Waals surface area contributed by atoms with Crippen molar-refractivity contribution in [3.63, 3.8) is 0 Å². The molecular formula is C19H27N3O3. The minimum Gasteiger partial charge on any atom is -0.480 e. The minimum atomic E-state index is -0.728. The highest BCUT2D eigenvalue weighted by Crippen LogP contribution is 2.33. The zero-order valence-corrected chi connectivity index (χ0v) is 14.7. The zero-order valence-electron chi connectivity index (χ0n) is 14.7. The van der Waals surface area contributed by atoms with Crippen molar-refractivity contribution in [2.45, 2.75) is 44.3 Å². The fourth-order valence-electron chi connectivity index (χ4n) is 3.38. The molecule has 2 fully saturated rings. The van der Waals surface area contributed by atoms with Crippen LogP contribution in [0.2, 0.25) is 0 Å². The van der Waals surface area contributed by atoms with Crippen LogP contribution >= 0.6 is 0 Å². The highest BCUT2D eigenvalue weighted by Gasteiger charge is 2.36. The predicted molar refractivity (Wildman–Crippen MR) is 95.4 cm³/mol. The van der Waals surface area contributed by atoms with Crippen molar-refractivity contribution in [2.24, 2.45) is 5.92 Å². The van der Waals surface area contributed by atoms with Gasteiger partial charge in [-0.2, -0.15) is 0 Å². The summed E-state index contributed by atoms with van der Waals surface area (Å²) in [6.07, 6.45) is 4.51. The molecule has 1 aromatic carbocycles. The Hall–Kier alpha value is -1.92. The molecule has 0 aromatic heterocycles. The van der Waals surface area contributed by atoms with E-state index in [1.54, 1.807) is 7.05 Å². The van der Waals surface area contributed by atoms with Gasteiger partial charge >= 0.3 is 5.97 Å². The van der Waals surface area contributed by atoms with Gasteiger partial charge in [0.25, 0.3) is 5.91 Å². The molecule has 0 aliphatic heterocycles. The molecule has 2 aliphatic carbocycles. The predicted octanol–water partition coefficient (Wildman–Crippen LogP) is 1.46. The van der Waals surface area contributed by atoms with Crippen LogP contribution in [0, 0.1) is 5.92 Å². The maximum Gasteiger partial charge on any atom is 0.317 e.